The molecule has 7 nitrogen and oxygen atoms in total. The van der Waals surface area contributed by atoms with Crippen LogP contribution < -0.4 is 10.6 Å². The van der Waals surface area contributed by atoms with Crippen LogP contribution in [0.1, 0.15) is 30.4 Å². The zero-order chi connectivity index (χ0) is 16.9. The molecule has 2 N–H and O–H groups in total. The highest BCUT2D eigenvalue weighted by molar-refractivity contribution is 5.79. The topological polar surface area (TPSA) is 83.0 Å². The number of nitrogens with zero attached hydrogens (tertiary/aromatic N) is 4. The predicted molar refractivity (Wildman–Crippen MR) is 91.9 cm³/mol. The number of aryl methyl sites for hydroxylation is 1. The fraction of sp³-hybridized carbons (Fsp3) is 0.412. The average Bonchev–Trinajstić information content (AvgIpc) is 3.05. The molecule has 1 amide bonds. The number of hydrogen-bond donors (Lipinski definition) is 2. The first-order valence-electron chi connectivity index (χ1n) is 8.15. The first-order chi connectivity index (χ1) is 11.7. The molecule has 0 bridgehead atoms. The summed E-state index contributed by atoms with van der Waals surface area (Å²) >= 11 is 0. The molecule has 3 heterocycles. The lowest BCUT2D eigenvalue weighted by Gasteiger charge is -2.24. The van der Waals surface area contributed by atoms with Crippen LogP contribution in [0.5, 0.6) is 0 Å². The van der Waals surface area contributed by atoms with E-state index < -0.39 is 0 Å². The third-order valence-electron chi connectivity index (χ3n) is 3.99. The van der Waals surface area contributed by atoms with E-state index in [0.29, 0.717) is 18.2 Å². The second-order valence-electron chi connectivity index (χ2n) is 5.87. The van der Waals surface area contributed by atoms with Crippen LogP contribution in [0, 0.1) is 6.92 Å². The molecular formula is C17H22N6O. The molecule has 7 heteroatoms. The van der Waals surface area contributed by atoms with Gasteiger partial charge in [0.1, 0.15) is 11.6 Å². The Balaban J connectivity index is 1.84. The van der Waals surface area contributed by atoms with E-state index in [1.165, 1.54) is 0 Å². The van der Waals surface area contributed by atoms with Gasteiger partial charge in [0.05, 0.1) is 12.6 Å². The Bertz CT molecular complexity index is 705. The van der Waals surface area contributed by atoms with E-state index in [9.17, 15) is 4.79 Å². The van der Waals surface area contributed by atoms with Gasteiger partial charge in [-0.3, -0.25) is 4.79 Å². The van der Waals surface area contributed by atoms with Gasteiger partial charge in [-0.05, 0) is 38.9 Å². The van der Waals surface area contributed by atoms with Gasteiger partial charge in [-0.15, -0.1) is 0 Å². The maximum Gasteiger partial charge on any atom is 0.237 e. The van der Waals surface area contributed by atoms with Gasteiger partial charge in [0.2, 0.25) is 5.91 Å². The normalized spacial score (nSPS) is 17.1. The minimum Gasteiger partial charge on any atom is -0.331 e. The molecule has 1 saturated heterocycles. The third-order valence-corrected chi connectivity index (χ3v) is 3.99. The Morgan fingerprint density at radius 3 is 2.96 bits per heavy atom. The molecule has 0 aromatic carbocycles. The van der Waals surface area contributed by atoms with Crippen molar-refractivity contribution in [2.24, 2.45) is 0 Å². The fourth-order valence-corrected chi connectivity index (χ4v) is 2.96. The molecule has 3 rings (SSSR count). The van der Waals surface area contributed by atoms with Crippen LogP contribution >= 0.6 is 0 Å². The molecule has 0 radical (unpaired) electrons. The number of pyridine rings is 1. The molecule has 0 aliphatic carbocycles. The van der Waals surface area contributed by atoms with Gasteiger partial charge >= 0.3 is 0 Å². The lowest BCUT2D eigenvalue weighted by atomic mass is 10.2. The summed E-state index contributed by atoms with van der Waals surface area (Å²) in [5.74, 6) is 2.21. The van der Waals surface area contributed by atoms with Gasteiger partial charge in [0.15, 0.2) is 5.82 Å². The van der Waals surface area contributed by atoms with Crippen molar-refractivity contribution in [2.45, 2.75) is 25.8 Å². The quantitative estimate of drug-likeness (QED) is 0.872. The Morgan fingerprint density at radius 1 is 1.33 bits per heavy atom. The monoisotopic (exact) mass is 326 g/mol. The molecule has 0 unspecified atom stereocenters. The van der Waals surface area contributed by atoms with Gasteiger partial charge in [-0.1, -0.05) is 6.07 Å². The third kappa shape index (κ3) is 3.68. The number of nitrogens with one attached hydrogen (secondary N) is 2. The summed E-state index contributed by atoms with van der Waals surface area (Å²) in [5.41, 5.74) is 0.867. The zero-order valence-corrected chi connectivity index (χ0v) is 14.0. The van der Waals surface area contributed by atoms with Gasteiger partial charge < -0.3 is 15.5 Å². The highest BCUT2D eigenvalue weighted by atomic mass is 16.2. The van der Waals surface area contributed by atoms with Crippen LogP contribution in [-0.4, -0.2) is 45.9 Å². The van der Waals surface area contributed by atoms with Crippen LogP contribution in [-0.2, 0) is 4.79 Å². The van der Waals surface area contributed by atoms with Gasteiger partial charge in [-0.25, -0.2) is 15.0 Å². The molecule has 24 heavy (non-hydrogen) atoms. The SMILES string of the molecule is CNCC(=O)N1CCC[C@@H]1c1nc(C)cc(Nc2ccccn2)n1. The van der Waals surface area contributed by atoms with E-state index >= 15 is 0 Å². The second-order valence-corrected chi connectivity index (χ2v) is 5.87. The molecule has 126 valence electrons. The molecule has 2 aromatic heterocycles. The van der Waals surface area contributed by atoms with E-state index in [-0.39, 0.29) is 11.9 Å². The number of anilines is 2. The smallest absolute Gasteiger partial charge is 0.237 e. The number of carbonyl (C=O) groups is 1. The van der Waals surface area contributed by atoms with Crippen molar-refractivity contribution in [3.8, 4) is 0 Å². The molecular weight excluding hydrogens is 304 g/mol. The van der Waals surface area contributed by atoms with Crippen molar-refractivity contribution in [2.75, 3.05) is 25.5 Å². The standard InChI is InChI=1S/C17H22N6O/c1-12-10-15(21-14-7-3-4-8-19-14)22-17(20-12)13-6-5-9-23(13)16(24)11-18-2/h3-4,7-8,10,13,18H,5-6,9,11H2,1-2H3,(H,19,20,21,22)/t13-/m1/s1. The Morgan fingerprint density at radius 2 is 2.21 bits per heavy atom. The van der Waals surface area contributed by atoms with Gasteiger partial charge in [0, 0.05) is 24.5 Å². The molecule has 1 aliphatic rings. The Labute approximate surface area is 141 Å². The van der Waals surface area contributed by atoms with Crippen LogP contribution in [0.3, 0.4) is 0 Å². The average molecular weight is 326 g/mol. The van der Waals surface area contributed by atoms with E-state index in [2.05, 4.69) is 25.6 Å². The summed E-state index contributed by atoms with van der Waals surface area (Å²) in [6.45, 7) is 3.02. The van der Waals surface area contributed by atoms with Gasteiger partial charge in [-0.2, -0.15) is 0 Å². The summed E-state index contributed by atoms with van der Waals surface area (Å²) in [7, 11) is 1.78. The molecule has 1 fully saturated rings. The number of aromatic nitrogens is 3. The summed E-state index contributed by atoms with van der Waals surface area (Å²) in [6, 6.07) is 7.49. The second kappa shape index (κ2) is 7.35. The lowest BCUT2D eigenvalue weighted by molar-refractivity contribution is -0.131. The first kappa shape index (κ1) is 16.3. The molecule has 1 aliphatic heterocycles. The summed E-state index contributed by atoms with van der Waals surface area (Å²) in [5, 5.41) is 6.12. The predicted octanol–water partition coefficient (Wildman–Crippen LogP) is 1.81. The van der Waals surface area contributed by atoms with Crippen LogP contribution in [0.2, 0.25) is 0 Å². The number of amides is 1. The minimum absolute atomic E-state index is 0.0602. The van der Waals surface area contributed by atoms with Crippen LogP contribution in [0.4, 0.5) is 11.6 Å². The number of carbonyl (C=O) groups excluding carboxylic acids is 1. The van der Waals surface area contributed by atoms with E-state index in [1.807, 2.05) is 36.1 Å². The van der Waals surface area contributed by atoms with Crippen molar-refractivity contribution in [3.05, 3.63) is 42.0 Å². The zero-order valence-electron chi connectivity index (χ0n) is 14.0. The largest absolute Gasteiger partial charge is 0.331 e. The van der Waals surface area contributed by atoms with Gasteiger partial charge in [0.25, 0.3) is 0 Å². The highest BCUT2D eigenvalue weighted by Gasteiger charge is 2.31. The van der Waals surface area contributed by atoms with E-state index in [1.54, 1.807) is 13.2 Å². The lowest BCUT2D eigenvalue weighted by Crippen LogP contribution is -2.37. The maximum atomic E-state index is 12.3. The molecule has 1 atom stereocenters. The summed E-state index contributed by atoms with van der Waals surface area (Å²) < 4.78 is 0. The molecule has 0 spiro atoms. The number of likely N-dealkylation sites (N-methyl/N-ethyl adjacent to an activating group) is 1. The van der Waals surface area contributed by atoms with Crippen molar-refractivity contribution in [3.63, 3.8) is 0 Å². The van der Waals surface area contributed by atoms with Crippen molar-refractivity contribution < 1.29 is 4.79 Å². The van der Waals surface area contributed by atoms with E-state index in [0.717, 1.165) is 30.9 Å². The Hall–Kier alpha value is -2.54. The van der Waals surface area contributed by atoms with Crippen molar-refractivity contribution >= 4 is 17.5 Å². The van der Waals surface area contributed by atoms with E-state index in [4.69, 9.17) is 0 Å². The molecule has 2 aromatic rings. The summed E-state index contributed by atoms with van der Waals surface area (Å²) in [6.07, 6.45) is 3.59. The molecule has 0 saturated carbocycles. The Kier molecular flexibility index (Phi) is 5.00. The van der Waals surface area contributed by atoms with Crippen LogP contribution in [0.15, 0.2) is 30.5 Å². The van der Waals surface area contributed by atoms with Crippen molar-refractivity contribution in [1.82, 2.24) is 25.2 Å². The first-order valence-corrected chi connectivity index (χ1v) is 8.15. The number of hydrogen-bond acceptors (Lipinski definition) is 6. The maximum absolute atomic E-state index is 12.3. The number of rotatable bonds is 5. The van der Waals surface area contributed by atoms with Crippen LogP contribution in [0.25, 0.3) is 0 Å². The van der Waals surface area contributed by atoms with Crippen molar-refractivity contribution in [1.29, 1.82) is 0 Å². The highest BCUT2D eigenvalue weighted by Crippen LogP contribution is 2.30. The number of likely N-dealkylation sites (tertiary alicyclic amines) is 1. The fourth-order valence-electron chi connectivity index (χ4n) is 2.96. The minimum atomic E-state index is -0.0602. The summed E-state index contributed by atoms with van der Waals surface area (Å²) in [4.78, 5) is 27.6.